The van der Waals surface area contributed by atoms with Crippen molar-refractivity contribution in [1.82, 2.24) is 15.6 Å². The summed E-state index contributed by atoms with van der Waals surface area (Å²) in [5, 5.41) is 16.9. The maximum atomic E-state index is 12.9. The third kappa shape index (κ3) is 4.84. The van der Waals surface area contributed by atoms with Crippen molar-refractivity contribution in [1.29, 1.82) is 5.26 Å². The summed E-state index contributed by atoms with van der Waals surface area (Å²) >= 11 is 0. The Bertz CT molecular complexity index is 923. The summed E-state index contributed by atoms with van der Waals surface area (Å²) in [7, 11) is 0. The van der Waals surface area contributed by atoms with Crippen LogP contribution in [-0.2, 0) is 9.53 Å². The molecule has 160 valence electrons. The lowest BCUT2D eigenvalue weighted by atomic mass is 10.1. The van der Waals surface area contributed by atoms with Crippen molar-refractivity contribution >= 4 is 34.9 Å². The highest BCUT2D eigenvalue weighted by Gasteiger charge is 2.32. The van der Waals surface area contributed by atoms with Gasteiger partial charge in [-0.1, -0.05) is 0 Å². The molecule has 4 rings (SSSR count). The molecular weight excluding hydrogens is 402 g/mol. The smallest absolute Gasteiger partial charge is 0.251 e. The topological polar surface area (TPSA) is 90.3 Å². The molecule has 0 saturated carbocycles. The maximum Gasteiger partial charge on any atom is 0.251 e. The lowest BCUT2D eigenvalue weighted by Crippen LogP contribution is -2.54. The number of amides is 1. The van der Waals surface area contributed by atoms with Crippen LogP contribution < -0.4 is 15.5 Å². The Labute approximate surface area is 183 Å². The number of benzene rings is 1. The number of morpholine rings is 1. The number of fused-ring (bicyclic) bond motifs is 1. The molecule has 30 heavy (non-hydrogen) atoms. The average molecular weight is 430 g/mol. The molecule has 2 fully saturated rings. The van der Waals surface area contributed by atoms with Gasteiger partial charge in [0.15, 0.2) is 6.10 Å². The Morgan fingerprint density at radius 2 is 2.17 bits per heavy atom. The zero-order chi connectivity index (χ0) is 20.2. The van der Waals surface area contributed by atoms with Gasteiger partial charge >= 0.3 is 0 Å². The second-order valence-electron chi connectivity index (χ2n) is 7.87. The predicted octanol–water partition coefficient (Wildman–Crippen LogP) is 2.38. The fraction of sp³-hybridized carbons (Fsp3) is 0.500. The average Bonchev–Trinajstić information content (AvgIpc) is 3.01. The van der Waals surface area contributed by atoms with Gasteiger partial charge in [0.1, 0.15) is 6.07 Å². The second kappa shape index (κ2) is 10.1. The van der Waals surface area contributed by atoms with Gasteiger partial charge in [-0.15, -0.1) is 12.4 Å². The van der Waals surface area contributed by atoms with Crippen LogP contribution in [0.2, 0.25) is 0 Å². The van der Waals surface area contributed by atoms with Gasteiger partial charge in [0.25, 0.3) is 5.91 Å². The number of halogens is 1. The van der Waals surface area contributed by atoms with Crippen molar-refractivity contribution in [2.75, 3.05) is 31.1 Å². The highest BCUT2D eigenvalue weighted by atomic mass is 35.5. The van der Waals surface area contributed by atoms with Crippen LogP contribution in [0.25, 0.3) is 10.9 Å². The predicted molar refractivity (Wildman–Crippen MR) is 119 cm³/mol. The monoisotopic (exact) mass is 429 g/mol. The molecule has 2 aliphatic rings. The van der Waals surface area contributed by atoms with Crippen molar-refractivity contribution in [2.45, 2.75) is 44.4 Å². The van der Waals surface area contributed by atoms with Crippen molar-refractivity contribution < 1.29 is 9.53 Å². The second-order valence-corrected chi connectivity index (χ2v) is 7.87. The van der Waals surface area contributed by atoms with Crippen LogP contribution in [0.3, 0.4) is 0 Å². The Balaban J connectivity index is 0.00000256. The summed E-state index contributed by atoms with van der Waals surface area (Å²) in [4.78, 5) is 19.5. The van der Waals surface area contributed by atoms with E-state index in [1.54, 1.807) is 12.3 Å². The van der Waals surface area contributed by atoms with Gasteiger partial charge in [0.2, 0.25) is 0 Å². The van der Waals surface area contributed by atoms with Gasteiger partial charge in [-0.2, -0.15) is 5.26 Å². The fourth-order valence-corrected chi connectivity index (χ4v) is 4.27. The number of nitrogens with one attached hydrogen (secondary N) is 2. The molecule has 2 aliphatic heterocycles. The number of aromatic nitrogens is 1. The molecule has 1 amide bonds. The first kappa shape index (κ1) is 22.3. The van der Waals surface area contributed by atoms with Crippen molar-refractivity contribution in [3.05, 3.63) is 36.0 Å². The van der Waals surface area contributed by atoms with E-state index in [2.05, 4.69) is 26.6 Å². The quantitative estimate of drug-likeness (QED) is 0.778. The Morgan fingerprint density at radius 3 is 3.00 bits per heavy atom. The van der Waals surface area contributed by atoms with Crippen molar-refractivity contribution in [3.8, 4) is 6.07 Å². The zero-order valence-corrected chi connectivity index (χ0v) is 18.0. The van der Waals surface area contributed by atoms with E-state index in [-0.39, 0.29) is 30.5 Å². The molecule has 2 aromatic rings. The van der Waals surface area contributed by atoms with E-state index in [1.807, 2.05) is 25.1 Å². The van der Waals surface area contributed by atoms with Crippen molar-refractivity contribution in [2.24, 2.45) is 0 Å². The molecule has 2 saturated heterocycles. The molecule has 0 spiro atoms. The number of hydrogen-bond donors (Lipinski definition) is 2. The Kier molecular flexibility index (Phi) is 7.48. The number of ether oxygens (including phenoxy) is 1. The summed E-state index contributed by atoms with van der Waals surface area (Å²) < 4.78 is 5.99. The molecule has 3 heterocycles. The van der Waals surface area contributed by atoms with Gasteiger partial charge in [-0.05, 0) is 63.5 Å². The normalized spacial score (nSPS) is 24.4. The van der Waals surface area contributed by atoms with E-state index < -0.39 is 6.10 Å². The van der Waals surface area contributed by atoms with Crippen LogP contribution in [0, 0.1) is 11.3 Å². The molecule has 1 aromatic carbocycles. The van der Waals surface area contributed by atoms with Crippen LogP contribution in [0.15, 0.2) is 30.5 Å². The molecule has 7 nitrogen and oxygen atoms in total. The number of carbonyl (C=O) groups excluding carboxylic acids is 1. The summed E-state index contributed by atoms with van der Waals surface area (Å²) in [6, 6.07) is 10.0. The summed E-state index contributed by atoms with van der Waals surface area (Å²) in [5.74, 6) is -0.0375. The van der Waals surface area contributed by atoms with E-state index in [9.17, 15) is 10.1 Å². The molecule has 0 radical (unpaired) electrons. The lowest BCUT2D eigenvalue weighted by Gasteiger charge is -2.38. The highest BCUT2D eigenvalue weighted by Crippen LogP contribution is 2.30. The SMILES string of the molecule is C[C@@H]1CN(c2ccc(C#N)c3ncccc23)C[C@H](C(=O)NC2CCCNCC2)O1.Cl. The van der Waals surface area contributed by atoms with Crippen molar-refractivity contribution in [3.63, 3.8) is 0 Å². The Morgan fingerprint density at radius 1 is 1.30 bits per heavy atom. The molecular formula is C22H28ClN5O2. The molecule has 3 atom stereocenters. The molecule has 8 heteroatoms. The molecule has 1 unspecified atom stereocenters. The van der Waals surface area contributed by atoms with E-state index in [0.29, 0.717) is 24.2 Å². The summed E-state index contributed by atoms with van der Waals surface area (Å²) in [5.41, 5.74) is 2.24. The first-order valence-corrected chi connectivity index (χ1v) is 10.3. The third-order valence-electron chi connectivity index (χ3n) is 5.68. The minimum Gasteiger partial charge on any atom is -0.365 e. The first-order valence-electron chi connectivity index (χ1n) is 10.3. The van der Waals surface area contributed by atoms with E-state index in [0.717, 1.165) is 43.4 Å². The minimum atomic E-state index is -0.516. The molecule has 2 N–H and O–H groups in total. The third-order valence-corrected chi connectivity index (χ3v) is 5.68. The number of anilines is 1. The maximum absolute atomic E-state index is 12.9. The minimum absolute atomic E-state index is 0. The Hall–Kier alpha value is -2.40. The van der Waals surface area contributed by atoms with E-state index in [4.69, 9.17) is 4.74 Å². The van der Waals surface area contributed by atoms with Gasteiger partial charge in [0.05, 0.1) is 23.7 Å². The zero-order valence-electron chi connectivity index (χ0n) is 17.1. The molecule has 0 bridgehead atoms. The fourth-order valence-electron chi connectivity index (χ4n) is 4.27. The lowest BCUT2D eigenvalue weighted by molar-refractivity contribution is -0.138. The van der Waals surface area contributed by atoms with Crippen LogP contribution in [0.5, 0.6) is 0 Å². The number of carbonyl (C=O) groups is 1. The molecule has 0 aliphatic carbocycles. The van der Waals surface area contributed by atoms with Crippen LogP contribution in [0.1, 0.15) is 31.7 Å². The van der Waals surface area contributed by atoms with E-state index >= 15 is 0 Å². The standard InChI is InChI=1S/C22H27N5O2.ClH/c1-15-13-27(19-7-6-16(12-23)21-18(19)5-3-10-25-21)14-20(29-15)22(28)26-17-4-2-9-24-11-8-17;/h3,5-7,10,15,17,20,24H,2,4,8-9,11,13-14H2,1H3,(H,26,28);1H/t15-,17?,20-;/m1./s1. The molecule has 1 aromatic heterocycles. The number of rotatable bonds is 3. The number of hydrogen-bond acceptors (Lipinski definition) is 6. The first-order chi connectivity index (χ1) is 14.2. The number of nitriles is 1. The summed E-state index contributed by atoms with van der Waals surface area (Å²) in [6.07, 6.45) is 4.13. The van der Waals surface area contributed by atoms with E-state index in [1.165, 1.54) is 0 Å². The highest BCUT2D eigenvalue weighted by molar-refractivity contribution is 5.95. The van der Waals surface area contributed by atoms with Gasteiger partial charge in [-0.25, -0.2) is 0 Å². The number of pyridine rings is 1. The van der Waals surface area contributed by atoms with Gasteiger partial charge in [0, 0.05) is 29.9 Å². The largest absolute Gasteiger partial charge is 0.365 e. The summed E-state index contributed by atoms with van der Waals surface area (Å²) in [6.45, 7) is 5.11. The van der Waals surface area contributed by atoms with Crippen LogP contribution in [0.4, 0.5) is 5.69 Å². The number of nitrogens with zero attached hydrogens (tertiary/aromatic N) is 3. The van der Waals surface area contributed by atoms with Crippen LogP contribution in [-0.4, -0.2) is 55.3 Å². The van der Waals surface area contributed by atoms with Gasteiger partial charge < -0.3 is 20.3 Å². The van der Waals surface area contributed by atoms with Crippen LogP contribution >= 0.6 is 12.4 Å². The van der Waals surface area contributed by atoms with Gasteiger partial charge in [-0.3, -0.25) is 9.78 Å².